The van der Waals surface area contributed by atoms with Crippen LogP contribution in [0, 0.1) is 12.8 Å². The molecule has 23 heavy (non-hydrogen) atoms. The first-order valence-electron chi connectivity index (χ1n) is 7.28. The lowest BCUT2D eigenvalue weighted by Crippen LogP contribution is -2.40. The van der Waals surface area contributed by atoms with Gasteiger partial charge in [0.25, 0.3) is 0 Å². The highest BCUT2D eigenvalue weighted by Gasteiger charge is 2.34. The highest BCUT2D eigenvalue weighted by molar-refractivity contribution is 7.89. The van der Waals surface area contributed by atoms with Gasteiger partial charge >= 0.3 is 12.5 Å². The number of hydrogen-bond acceptors (Lipinski definition) is 5. The summed E-state index contributed by atoms with van der Waals surface area (Å²) in [6.45, 7) is 0.754. The molecule has 1 fully saturated rings. The number of esters is 1. The Balaban J connectivity index is 2.12. The van der Waals surface area contributed by atoms with E-state index in [9.17, 15) is 22.0 Å². The summed E-state index contributed by atoms with van der Waals surface area (Å²) in [5.74, 6) is -0.655. The van der Waals surface area contributed by atoms with E-state index in [1.54, 1.807) is 6.92 Å². The van der Waals surface area contributed by atoms with Crippen molar-refractivity contribution in [1.82, 2.24) is 14.1 Å². The minimum absolute atomic E-state index is 0.0258. The second-order valence-electron chi connectivity index (χ2n) is 5.27. The summed E-state index contributed by atoms with van der Waals surface area (Å²) in [7, 11) is -3.90. The summed E-state index contributed by atoms with van der Waals surface area (Å²) in [5.41, 5.74) is 0.0258. The third-order valence-electron chi connectivity index (χ3n) is 3.76. The molecule has 2 heterocycles. The number of piperidine rings is 1. The highest BCUT2D eigenvalue weighted by Crippen LogP contribution is 2.26. The van der Waals surface area contributed by atoms with Crippen LogP contribution in [0.2, 0.25) is 0 Å². The zero-order valence-corrected chi connectivity index (χ0v) is 13.7. The normalized spacial score (nSPS) is 17.6. The van der Waals surface area contributed by atoms with Gasteiger partial charge in [-0.3, -0.25) is 4.79 Å². The number of aromatic nitrogens is 2. The summed E-state index contributed by atoms with van der Waals surface area (Å²) in [5, 5.41) is 3.53. The predicted molar refractivity (Wildman–Crippen MR) is 76.3 cm³/mol. The molecule has 10 heteroatoms. The molecule has 2 rings (SSSR count). The highest BCUT2D eigenvalue weighted by atomic mass is 32.2. The van der Waals surface area contributed by atoms with Gasteiger partial charge in [0.15, 0.2) is 0 Å². The molecule has 7 nitrogen and oxygen atoms in total. The number of nitrogens with zero attached hydrogens (tertiary/aromatic N) is 3. The van der Waals surface area contributed by atoms with E-state index in [4.69, 9.17) is 4.74 Å². The van der Waals surface area contributed by atoms with E-state index in [-0.39, 0.29) is 42.2 Å². The molecule has 130 valence electrons. The second-order valence-corrected chi connectivity index (χ2v) is 7.17. The van der Waals surface area contributed by atoms with E-state index in [2.05, 4.69) is 5.10 Å². The number of carbonyl (C=O) groups is 1. The van der Waals surface area contributed by atoms with E-state index in [1.165, 1.54) is 11.2 Å². The molecule has 0 atom stereocenters. The first kappa shape index (κ1) is 17.8. The Morgan fingerprint density at radius 2 is 2.04 bits per heavy atom. The van der Waals surface area contributed by atoms with Gasteiger partial charge in [-0.1, -0.05) is 0 Å². The average Bonchev–Trinajstić information content (AvgIpc) is 2.90. The van der Waals surface area contributed by atoms with E-state index >= 15 is 0 Å². The van der Waals surface area contributed by atoms with Crippen LogP contribution < -0.4 is 0 Å². The van der Waals surface area contributed by atoms with E-state index in [0.29, 0.717) is 17.5 Å². The number of hydrogen-bond donors (Lipinski definition) is 0. The number of alkyl halides is 2. The third-order valence-corrected chi connectivity index (χ3v) is 5.76. The molecule has 0 unspecified atom stereocenters. The van der Waals surface area contributed by atoms with Crippen LogP contribution in [0.25, 0.3) is 0 Å². The Bertz CT molecular complexity index is 667. The monoisotopic (exact) mass is 351 g/mol. The van der Waals surface area contributed by atoms with Crippen molar-refractivity contribution in [3.63, 3.8) is 0 Å². The van der Waals surface area contributed by atoms with Crippen LogP contribution in [0.15, 0.2) is 11.1 Å². The van der Waals surface area contributed by atoms with Crippen LogP contribution in [0.3, 0.4) is 0 Å². The molecule has 1 aliphatic rings. The fraction of sp³-hybridized carbons (Fsp3) is 0.692. The van der Waals surface area contributed by atoms with Crippen molar-refractivity contribution in [2.75, 3.05) is 19.7 Å². The molecule has 0 spiro atoms. The fourth-order valence-electron chi connectivity index (χ4n) is 2.55. The molecule has 1 aliphatic heterocycles. The molecular weight excluding hydrogens is 332 g/mol. The summed E-state index contributed by atoms with van der Waals surface area (Å²) in [6, 6.07) is 0. The molecule has 1 saturated heterocycles. The molecule has 0 amide bonds. The number of rotatable bonds is 5. The molecule has 0 aliphatic carbocycles. The Morgan fingerprint density at radius 1 is 1.43 bits per heavy atom. The topological polar surface area (TPSA) is 81.5 Å². The Labute approximate surface area is 133 Å². The zero-order chi connectivity index (χ0) is 17.2. The van der Waals surface area contributed by atoms with Gasteiger partial charge in [0.05, 0.1) is 24.4 Å². The number of sulfonamides is 1. The van der Waals surface area contributed by atoms with Gasteiger partial charge in [-0.05, 0) is 26.7 Å². The van der Waals surface area contributed by atoms with Gasteiger partial charge < -0.3 is 4.74 Å². The minimum Gasteiger partial charge on any atom is -0.466 e. The maximum Gasteiger partial charge on any atom is 0.333 e. The Morgan fingerprint density at radius 3 is 2.52 bits per heavy atom. The second kappa shape index (κ2) is 6.91. The SMILES string of the molecule is CCOC(=O)C1CCN(S(=O)(=O)c2cn(C(F)F)nc2C)CC1. The summed E-state index contributed by atoms with van der Waals surface area (Å²) in [4.78, 5) is 11.4. The lowest BCUT2D eigenvalue weighted by atomic mass is 9.98. The predicted octanol–water partition coefficient (Wildman–Crippen LogP) is 1.55. The molecule has 0 radical (unpaired) electrons. The average molecular weight is 351 g/mol. The van der Waals surface area contributed by atoms with Crippen LogP contribution in [0.4, 0.5) is 8.78 Å². The number of aryl methyl sites for hydroxylation is 1. The van der Waals surface area contributed by atoms with E-state index in [1.807, 2.05) is 0 Å². The minimum atomic E-state index is -3.90. The van der Waals surface area contributed by atoms with E-state index < -0.39 is 16.6 Å². The van der Waals surface area contributed by atoms with Crippen LogP contribution in [0.1, 0.15) is 32.0 Å². The number of carbonyl (C=O) groups excluding carboxylic acids is 1. The van der Waals surface area contributed by atoms with E-state index in [0.717, 1.165) is 6.20 Å². The molecular formula is C13H19F2N3O4S. The zero-order valence-electron chi connectivity index (χ0n) is 12.9. The maximum absolute atomic E-state index is 12.6. The fourth-order valence-corrected chi connectivity index (χ4v) is 4.17. The van der Waals surface area contributed by atoms with Crippen LogP contribution >= 0.6 is 0 Å². The largest absolute Gasteiger partial charge is 0.466 e. The Hall–Kier alpha value is -1.55. The van der Waals surface area contributed by atoms with Gasteiger partial charge in [-0.15, -0.1) is 0 Å². The smallest absolute Gasteiger partial charge is 0.333 e. The molecule has 0 bridgehead atoms. The summed E-state index contributed by atoms with van der Waals surface area (Å²) in [6.07, 6.45) is 1.53. The van der Waals surface area contributed by atoms with Gasteiger partial charge in [0.2, 0.25) is 10.0 Å². The summed E-state index contributed by atoms with van der Waals surface area (Å²) < 4.78 is 56.9. The van der Waals surface area contributed by atoms with Crippen molar-refractivity contribution in [3.05, 3.63) is 11.9 Å². The van der Waals surface area contributed by atoms with Crippen LogP contribution in [-0.4, -0.2) is 48.2 Å². The number of halogens is 2. The van der Waals surface area contributed by atoms with Gasteiger partial charge in [-0.25, -0.2) is 13.1 Å². The van der Waals surface area contributed by atoms with Crippen molar-refractivity contribution in [2.45, 2.75) is 38.1 Å². The van der Waals surface area contributed by atoms with Crippen molar-refractivity contribution in [3.8, 4) is 0 Å². The summed E-state index contributed by atoms with van der Waals surface area (Å²) >= 11 is 0. The third kappa shape index (κ3) is 3.69. The van der Waals surface area contributed by atoms with Crippen molar-refractivity contribution in [2.24, 2.45) is 5.92 Å². The van der Waals surface area contributed by atoms with Crippen molar-refractivity contribution >= 4 is 16.0 Å². The molecule has 0 saturated carbocycles. The lowest BCUT2D eigenvalue weighted by molar-refractivity contribution is -0.149. The lowest BCUT2D eigenvalue weighted by Gasteiger charge is -2.29. The van der Waals surface area contributed by atoms with Crippen molar-refractivity contribution < 1.29 is 26.7 Å². The molecule has 0 N–H and O–H groups in total. The molecule has 1 aromatic heterocycles. The quantitative estimate of drug-likeness (QED) is 0.752. The van der Waals surface area contributed by atoms with Crippen LogP contribution in [-0.2, 0) is 19.6 Å². The first-order chi connectivity index (χ1) is 10.8. The first-order valence-corrected chi connectivity index (χ1v) is 8.72. The van der Waals surface area contributed by atoms with Gasteiger partial charge in [-0.2, -0.15) is 18.2 Å². The van der Waals surface area contributed by atoms with Gasteiger partial charge in [0, 0.05) is 13.1 Å². The van der Waals surface area contributed by atoms with Crippen molar-refractivity contribution in [1.29, 1.82) is 0 Å². The maximum atomic E-state index is 12.6. The standard InChI is InChI=1S/C13H19F2N3O4S/c1-3-22-12(19)10-4-6-17(7-5-10)23(20,21)11-8-18(13(14)15)16-9(11)2/h8,10,13H,3-7H2,1-2H3. The number of ether oxygens (including phenoxy) is 1. The van der Waals surface area contributed by atoms with Gasteiger partial charge in [0.1, 0.15) is 4.90 Å². The molecule has 1 aromatic rings. The molecule has 0 aromatic carbocycles. The Kier molecular flexibility index (Phi) is 5.35. The van der Waals surface area contributed by atoms with Crippen LogP contribution in [0.5, 0.6) is 0 Å².